The predicted molar refractivity (Wildman–Crippen MR) is 110 cm³/mol. The van der Waals surface area contributed by atoms with Crippen molar-refractivity contribution in [2.45, 2.75) is 52.0 Å². The van der Waals surface area contributed by atoms with Crippen LogP contribution in [-0.2, 0) is 19.3 Å². The molecule has 1 saturated heterocycles. The number of aromatic nitrogens is 2. The monoisotopic (exact) mass is 438 g/mol. The molecule has 7 nitrogen and oxygen atoms in total. The summed E-state index contributed by atoms with van der Waals surface area (Å²) in [4.78, 5) is 39.5. The quantitative estimate of drug-likeness (QED) is 0.778. The normalized spacial score (nSPS) is 16.9. The van der Waals surface area contributed by atoms with Crippen molar-refractivity contribution >= 4 is 11.6 Å². The highest BCUT2D eigenvalue weighted by Crippen LogP contribution is 2.29. The van der Waals surface area contributed by atoms with Crippen LogP contribution in [0.5, 0.6) is 0 Å². The fraction of sp³-hybridized carbons (Fsp3) is 0.476. The number of anilines is 1. The van der Waals surface area contributed by atoms with Crippen molar-refractivity contribution in [3.05, 3.63) is 62.4 Å². The van der Waals surface area contributed by atoms with Crippen LogP contribution in [0.1, 0.15) is 42.6 Å². The highest BCUT2D eigenvalue weighted by molar-refractivity contribution is 5.94. The molecule has 1 fully saturated rings. The van der Waals surface area contributed by atoms with Gasteiger partial charge >= 0.3 is 11.9 Å². The van der Waals surface area contributed by atoms with Crippen molar-refractivity contribution in [1.82, 2.24) is 14.5 Å². The average molecular weight is 438 g/mol. The number of amides is 1. The lowest BCUT2D eigenvalue weighted by molar-refractivity contribution is -0.137. The topological polar surface area (TPSA) is 76.3 Å². The minimum atomic E-state index is -4.46. The van der Waals surface area contributed by atoms with Gasteiger partial charge in [0.2, 0.25) is 0 Å². The van der Waals surface area contributed by atoms with Crippen LogP contribution in [0, 0.1) is 0 Å². The molecule has 1 N–H and O–H groups in total. The number of carbonyl (C=O) groups excluding carboxylic acids is 1. The lowest BCUT2D eigenvalue weighted by atomic mass is 10.0. The zero-order valence-electron chi connectivity index (χ0n) is 17.4. The van der Waals surface area contributed by atoms with Crippen LogP contribution in [0.3, 0.4) is 0 Å². The number of nitrogens with zero attached hydrogens (tertiary/aromatic N) is 3. The van der Waals surface area contributed by atoms with Crippen LogP contribution in [-0.4, -0.2) is 34.2 Å². The third kappa shape index (κ3) is 4.83. The number of alkyl halides is 3. The van der Waals surface area contributed by atoms with Crippen molar-refractivity contribution in [2.75, 3.05) is 18.0 Å². The highest BCUT2D eigenvalue weighted by Gasteiger charge is 2.30. The summed E-state index contributed by atoms with van der Waals surface area (Å²) in [6.45, 7) is 5.21. The van der Waals surface area contributed by atoms with Crippen molar-refractivity contribution in [1.29, 1.82) is 0 Å². The van der Waals surface area contributed by atoms with Gasteiger partial charge < -0.3 is 10.2 Å². The Morgan fingerprint density at radius 1 is 1.13 bits per heavy atom. The van der Waals surface area contributed by atoms with E-state index in [2.05, 4.69) is 5.32 Å². The largest absolute Gasteiger partial charge is 0.416 e. The zero-order valence-corrected chi connectivity index (χ0v) is 17.4. The number of hydrogen-bond acceptors (Lipinski definition) is 4. The molecule has 1 aromatic carbocycles. The molecule has 0 spiro atoms. The summed E-state index contributed by atoms with van der Waals surface area (Å²) in [6.07, 6.45) is -1.51. The van der Waals surface area contributed by atoms with E-state index in [1.165, 1.54) is 9.13 Å². The zero-order chi connectivity index (χ0) is 22.8. The Bertz CT molecular complexity index is 1060. The maximum Gasteiger partial charge on any atom is 0.416 e. The van der Waals surface area contributed by atoms with Gasteiger partial charge in [0, 0.05) is 44.0 Å². The highest BCUT2D eigenvalue weighted by atomic mass is 19.4. The van der Waals surface area contributed by atoms with Gasteiger partial charge in [0.05, 0.1) is 5.56 Å². The molecule has 31 heavy (non-hydrogen) atoms. The van der Waals surface area contributed by atoms with Crippen LogP contribution < -0.4 is 21.5 Å². The molecular weight excluding hydrogens is 413 g/mol. The summed E-state index contributed by atoms with van der Waals surface area (Å²) in [6, 6.07) is 3.78. The molecule has 1 aromatic heterocycles. The maximum absolute atomic E-state index is 12.8. The van der Waals surface area contributed by atoms with Crippen LogP contribution in [0.15, 0.2) is 40.1 Å². The van der Waals surface area contributed by atoms with Crippen LogP contribution in [0.25, 0.3) is 0 Å². The number of hydrogen-bond donors (Lipinski definition) is 1. The predicted octanol–water partition coefficient (Wildman–Crippen LogP) is 2.47. The van der Waals surface area contributed by atoms with Gasteiger partial charge in [-0.1, -0.05) is 0 Å². The first-order chi connectivity index (χ1) is 14.7. The molecule has 1 atom stereocenters. The third-order valence-corrected chi connectivity index (χ3v) is 5.45. The summed E-state index contributed by atoms with van der Waals surface area (Å²) in [5.41, 5.74) is -1.00. The Kier molecular flexibility index (Phi) is 6.56. The van der Waals surface area contributed by atoms with E-state index in [9.17, 15) is 27.6 Å². The lowest BCUT2D eigenvalue weighted by Gasteiger charge is -2.34. The first-order valence-electron chi connectivity index (χ1n) is 10.2. The second-order valence-electron chi connectivity index (χ2n) is 7.47. The molecule has 10 heteroatoms. The molecule has 2 aromatic rings. The third-order valence-electron chi connectivity index (χ3n) is 5.45. The molecular formula is C21H25F3N4O3. The Morgan fingerprint density at radius 3 is 2.39 bits per heavy atom. The molecule has 2 heterocycles. The van der Waals surface area contributed by atoms with Gasteiger partial charge in [-0.25, -0.2) is 4.79 Å². The van der Waals surface area contributed by atoms with Gasteiger partial charge in [-0.3, -0.25) is 18.7 Å². The number of nitrogens with one attached hydrogen (secondary N) is 1. The van der Waals surface area contributed by atoms with Gasteiger partial charge in [0.15, 0.2) is 0 Å². The van der Waals surface area contributed by atoms with Crippen molar-refractivity contribution < 1.29 is 18.0 Å². The number of aryl methyl sites for hydroxylation is 1. The maximum atomic E-state index is 12.8. The van der Waals surface area contributed by atoms with Gasteiger partial charge in [-0.05, 0) is 51.0 Å². The molecule has 3 rings (SSSR count). The molecule has 0 radical (unpaired) electrons. The first kappa shape index (κ1) is 22.6. The number of benzene rings is 1. The average Bonchev–Trinajstić information content (AvgIpc) is 2.74. The van der Waals surface area contributed by atoms with Crippen LogP contribution in [0.4, 0.5) is 18.9 Å². The van der Waals surface area contributed by atoms with Gasteiger partial charge in [-0.15, -0.1) is 0 Å². The lowest BCUT2D eigenvalue weighted by Crippen LogP contribution is -2.50. The fourth-order valence-electron chi connectivity index (χ4n) is 3.75. The minimum absolute atomic E-state index is 0.137. The Morgan fingerprint density at radius 2 is 1.81 bits per heavy atom. The van der Waals surface area contributed by atoms with E-state index in [1.54, 1.807) is 13.1 Å². The molecule has 168 valence electrons. The smallest absolute Gasteiger partial charge is 0.364 e. The Balaban J connectivity index is 1.76. The summed E-state index contributed by atoms with van der Waals surface area (Å²) in [5, 5.41) is 2.84. The van der Waals surface area contributed by atoms with E-state index in [1.807, 2.05) is 11.8 Å². The standard InChI is InChI=1S/C21H25F3N4O3/c1-3-26-13-17(19(30)28(4-2)20(26)31)27-11-5-6-16(12-27)25-18(29)14-7-9-15(10-8-14)21(22,23)24/h7-10,13,16H,3-6,11-12H2,1-2H3,(H,25,29). The van der Waals surface area contributed by atoms with Crippen molar-refractivity contribution in [2.24, 2.45) is 0 Å². The molecule has 0 saturated carbocycles. The number of rotatable bonds is 5. The number of carbonyl (C=O) groups is 1. The Hall–Kier alpha value is -3.04. The van der Waals surface area contributed by atoms with E-state index in [-0.39, 0.29) is 29.4 Å². The Labute approximate surface area is 177 Å². The SMILES string of the molecule is CCn1cc(N2CCCC(NC(=O)c3ccc(C(F)(F)F)cc3)C2)c(=O)n(CC)c1=O. The van der Waals surface area contributed by atoms with E-state index >= 15 is 0 Å². The molecule has 0 bridgehead atoms. The molecule has 1 aliphatic heterocycles. The van der Waals surface area contributed by atoms with Gasteiger partial charge in [0.25, 0.3) is 11.5 Å². The minimum Gasteiger partial charge on any atom is -0.364 e. The summed E-state index contributed by atoms with van der Waals surface area (Å²) >= 11 is 0. The fourth-order valence-corrected chi connectivity index (χ4v) is 3.75. The van der Waals surface area contributed by atoms with E-state index < -0.39 is 17.6 Å². The van der Waals surface area contributed by atoms with E-state index in [4.69, 9.17) is 0 Å². The second kappa shape index (κ2) is 8.99. The summed E-state index contributed by atoms with van der Waals surface area (Å²) in [5.74, 6) is -0.468. The molecule has 0 aliphatic carbocycles. The summed E-state index contributed by atoms with van der Waals surface area (Å²) in [7, 11) is 0. The van der Waals surface area contributed by atoms with Gasteiger partial charge in [0.1, 0.15) is 5.69 Å². The van der Waals surface area contributed by atoms with E-state index in [0.717, 1.165) is 30.7 Å². The second-order valence-corrected chi connectivity index (χ2v) is 7.47. The number of piperidine rings is 1. The van der Waals surface area contributed by atoms with E-state index in [0.29, 0.717) is 31.7 Å². The van der Waals surface area contributed by atoms with Crippen LogP contribution >= 0.6 is 0 Å². The summed E-state index contributed by atoms with van der Waals surface area (Å²) < 4.78 is 40.8. The first-order valence-corrected chi connectivity index (χ1v) is 10.2. The van der Waals surface area contributed by atoms with Gasteiger partial charge in [-0.2, -0.15) is 13.2 Å². The van der Waals surface area contributed by atoms with Crippen molar-refractivity contribution in [3.63, 3.8) is 0 Å². The molecule has 1 unspecified atom stereocenters. The van der Waals surface area contributed by atoms with Crippen molar-refractivity contribution in [3.8, 4) is 0 Å². The molecule has 1 aliphatic rings. The van der Waals surface area contributed by atoms with Crippen LogP contribution in [0.2, 0.25) is 0 Å². The number of halogens is 3. The molecule has 1 amide bonds.